The van der Waals surface area contributed by atoms with Gasteiger partial charge in [0.25, 0.3) is 5.91 Å². The van der Waals surface area contributed by atoms with Crippen molar-refractivity contribution in [3.05, 3.63) is 63.6 Å². The fourth-order valence-electron chi connectivity index (χ4n) is 3.41. The molecule has 1 amide bonds. The Bertz CT molecular complexity index is 1190. The molecule has 3 heterocycles. The number of fused-ring (bicyclic) bond motifs is 1. The summed E-state index contributed by atoms with van der Waals surface area (Å²) in [7, 11) is 0. The Morgan fingerprint density at radius 3 is 2.83 bits per heavy atom. The topological polar surface area (TPSA) is 111 Å². The molecule has 1 aliphatic heterocycles. The lowest BCUT2D eigenvalue weighted by molar-refractivity contribution is 0.102. The number of nitriles is 1. The summed E-state index contributed by atoms with van der Waals surface area (Å²) in [6, 6.07) is 10.4. The Morgan fingerprint density at radius 1 is 1.28 bits per heavy atom. The molecule has 146 valence electrons. The first-order valence-electron chi connectivity index (χ1n) is 9.23. The van der Waals surface area contributed by atoms with Gasteiger partial charge in [-0.25, -0.2) is 4.98 Å². The molecule has 0 bridgehead atoms. The van der Waals surface area contributed by atoms with Crippen LogP contribution in [0.2, 0.25) is 0 Å². The molecule has 8 nitrogen and oxygen atoms in total. The van der Waals surface area contributed by atoms with Crippen LogP contribution in [0, 0.1) is 18.3 Å². The predicted molar refractivity (Wildman–Crippen MR) is 109 cm³/mol. The molecule has 0 spiro atoms. The van der Waals surface area contributed by atoms with E-state index in [-0.39, 0.29) is 11.5 Å². The largest absolute Gasteiger partial charge is 0.378 e. The lowest BCUT2D eigenvalue weighted by Crippen LogP contribution is -2.38. The number of carbonyl (C=O) groups excluding carboxylic acids is 1. The highest BCUT2D eigenvalue weighted by molar-refractivity contribution is 6.08. The summed E-state index contributed by atoms with van der Waals surface area (Å²) in [4.78, 5) is 33.8. The van der Waals surface area contributed by atoms with Crippen molar-refractivity contribution in [1.82, 2.24) is 9.97 Å². The van der Waals surface area contributed by atoms with Crippen LogP contribution in [0.5, 0.6) is 0 Å². The highest BCUT2D eigenvalue weighted by atomic mass is 16.5. The lowest BCUT2D eigenvalue weighted by Gasteiger charge is -2.29. The zero-order chi connectivity index (χ0) is 20.4. The number of nitrogens with one attached hydrogen (secondary N) is 2. The molecule has 8 heteroatoms. The van der Waals surface area contributed by atoms with Crippen molar-refractivity contribution in [3.8, 4) is 6.07 Å². The van der Waals surface area contributed by atoms with Gasteiger partial charge < -0.3 is 19.9 Å². The fraction of sp³-hybridized carbons (Fsp3) is 0.238. The minimum Gasteiger partial charge on any atom is -0.378 e. The second-order valence-electron chi connectivity index (χ2n) is 6.84. The van der Waals surface area contributed by atoms with Gasteiger partial charge >= 0.3 is 0 Å². The molecule has 0 unspecified atom stereocenters. The summed E-state index contributed by atoms with van der Waals surface area (Å²) in [5, 5.41) is 13.0. The van der Waals surface area contributed by atoms with E-state index in [0.29, 0.717) is 54.5 Å². The SMILES string of the molecule is Cc1cc(=O)[nH]c2ccc(NC(=O)c3cc(C#N)cnc3N3CCOCC3)cc12. The summed E-state index contributed by atoms with van der Waals surface area (Å²) in [5.41, 5.74) is 2.61. The second kappa shape index (κ2) is 7.73. The molecule has 1 aliphatic rings. The van der Waals surface area contributed by atoms with Crippen LogP contribution in [-0.2, 0) is 4.74 Å². The third kappa shape index (κ3) is 3.81. The van der Waals surface area contributed by atoms with Crippen LogP contribution < -0.4 is 15.8 Å². The Morgan fingerprint density at radius 2 is 2.07 bits per heavy atom. The predicted octanol–water partition coefficient (Wildman–Crippen LogP) is 2.19. The average molecular weight is 389 g/mol. The van der Waals surface area contributed by atoms with Gasteiger partial charge in [0.1, 0.15) is 11.9 Å². The minimum absolute atomic E-state index is 0.165. The van der Waals surface area contributed by atoms with Crippen LogP contribution >= 0.6 is 0 Å². The zero-order valence-electron chi connectivity index (χ0n) is 15.9. The number of aromatic amines is 1. The third-order valence-corrected chi connectivity index (χ3v) is 4.86. The molecule has 1 saturated heterocycles. The summed E-state index contributed by atoms with van der Waals surface area (Å²) in [6.07, 6.45) is 1.47. The molecule has 3 aromatic rings. The maximum absolute atomic E-state index is 13.0. The van der Waals surface area contributed by atoms with Crippen molar-refractivity contribution in [2.45, 2.75) is 6.92 Å². The van der Waals surface area contributed by atoms with Crippen LogP contribution in [0.4, 0.5) is 11.5 Å². The monoisotopic (exact) mass is 389 g/mol. The summed E-state index contributed by atoms with van der Waals surface area (Å²) in [5.74, 6) is 0.184. The summed E-state index contributed by atoms with van der Waals surface area (Å²) >= 11 is 0. The van der Waals surface area contributed by atoms with E-state index >= 15 is 0 Å². The van der Waals surface area contributed by atoms with Gasteiger partial charge in [-0.1, -0.05) is 0 Å². The number of nitrogens with zero attached hydrogens (tertiary/aromatic N) is 3. The Hall–Kier alpha value is -3.70. The molecule has 1 fully saturated rings. The Balaban J connectivity index is 1.68. The van der Waals surface area contributed by atoms with Crippen molar-refractivity contribution < 1.29 is 9.53 Å². The number of ether oxygens (including phenoxy) is 1. The molecule has 0 radical (unpaired) electrons. The van der Waals surface area contributed by atoms with Gasteiger partial charge in [0.2, 0.25) is 5.56 Å². The van der Waals surface area contributed by atoms with Crippen molar-refractivity contribution in [2.75, 3.05) is 36.5 Å². The molecule has 0 atom stereocenters. The average Bonchev–Trinajstić information content (AvgIpc) is 2.74. The number of amides is 1. The first-order chi connectivity index (χ1) is 14.0. The van der Waals surface area contributed by atoms with Crippen molar-refractivity contribution >= 4 is 28.3 Å². The zero-order valence-corrected chi connectivity index (χ0v) is 15.9. The number of aryl methyl sites for hydroxylation is 1. The maximum atomic E-state index is 13.0. The molecular weight excluding hydrogens is 370 g/mol. The number of morpholine rings is 1. The van der Waals surface area contributed by atoms with Gasteiger partial charge in [-0.15, -0.1) is 0 Å². The van der Waals surface area contributed by atoms with Crippen LogP contribution in [0.25, 0.3) is 10.9 Å². The maximum Gasteiger partial charge on any atom is 0.259 e. The first-order valence-corrected chi connectivity index (χ1v) is 9.23. The number of carbonyl (C=O) groups is 1. The van der Waals surface area contributed by atoms with Crippen molar-refractivity contribution in [3.63, 3.8) is 0 Å². The van der Waals surface area contributed by atoms with E-state index in [1.165, 1.54) is 12.3 Å². The van der Waals surface area contributed by atoms with Gasteiger partial charge in [0.05, 0.1) is 24.3 Å². The molecule has 2 aromatic heterocycles. The van der Waals surface area contributed by atoms with Gasteiger partial charge in [0, 0.05) is 41.9 Å². The minimum atomic E-state index is -0.350. The smallest absolute Gasteiger partial charge is 0.259 e. The van der Waals surface area contributed by atoms with Gasteiger partial charge in [-0.3, -0.25) is 9.59 Å². The number of hydrogen-bond acceptors (Lipinski definition) is 6. The first kappa shape index (κ1) is 18.7. The number of H-pyrrole nitrogens is 1. The van der Waals surface area contributed by atoms with E-state index in [9.17, 15) is 14.9 Å². The number of hydrogen-bond donors (Lipinski definition) is 2. The molecule has 2 N–H and O–H groups in total. The number of anilines is 2. The standard InChI is InChI=1S/C21H19N5O3/c1-13-8-19(27)25-18-3-2-15(10-16(13)18)24-21(28)17-9-14(11-22)12-23-20(17)26-4-6-29-7-5-26/h2-3,8-10,12H,4-7H2,1H3,(H,24,28)(H,25,27). The number of rotatable bonds is 3. The van der Waals surface area contributed by atoms with E-state index < -0.39 is 0 Å². The normalized spacial score (nSPS) is 13.9. The Labute approximate surface area is 166 Å². The number of pyridine rings is 2. The number of benzene rings is 1. The van der Waals surface area contributed by atoms with Crippen LogP contribution in [0.1, 0.15) is 21.5 Å². The molecular formula is C21H19N5O3. The summed E-state index contributed by atoms with van der Waals surface area (Å²) < 4.78 is 5.38. The molecule has 0 aliphatic carbocycles. The van der Waals surface area contributed by atoms with Crippen LogP contribution in [0.15, 0.2) is 41.3 Å². The second-order valence-corrected chi connectivity index (χ2v) is 6.84. The molecule has 0 saturated carbocycles. The highest BCUT2D eigenvalue weighted by Gasteiger charge is 2.21. The number of aromatic nitrogens is 2. The molecule has 4 rings (SSSR count). The summed E-state index contributed by atoms with van der Waals surface area (Å²) in [6.45, 7) is 4.22. The van der Waals surface area contributed by atoms with E-state index in [0.717, 1.165) is 10.9 Å². The molecule has 1 aromatic carbocycles. The fourth-order valence-corrected chi connectivity index (χ4v) is 3.41. The van der Waals surface area contributed by atoms with Gasteiger partial charge in [0.15, 0.2) is 0 Å². The van der Waals surface area contributed by atoms with Crippen LogP contribution in [-0.4, -0.2) is 42.2 Å². The van der Waals surface area contributed by atoms with E-state index in [4.69, 9.17) is 4.74 Å². The lowest BCUT2D eigenvalue weighted by atomic mass is 10.1. The van der Waals surface area contributed by atoms with E-state index in [1.54, 1.807) is 18.2 Å². The highest BCUT2D eigenvalue weighted by Crippen LogP contribution is 2.24. The van der Waals surface area contributed by atoms with Crippen molar-refractivity contribution in [1.29, 1.82) is 5.26 Å². The van der Waals surface area contributed by atoms with E-state index in [1.807, 2.05) is 24.0 Å². The van der Waals surface area contributed by atoms with Gasteiger partial charge in [-0.2, -0.15) is 5.26 Å². The van der Waals surface area contributed by atoms with Crippen LogP contribution in [0.3, 0.4) is 0 Å². The molecule has 29 heavy (non-hydrogen) atoms. The van der Waals surface area contributed by atoms with Crippen molar-refractivity contribution in [2.24, 2.45) is 0 Å². The van der Waals surface area contributed by atoms with Gasteiger partial charge in [-0.05, 0) is 36.8 Å². The third-order valence-electron chi connectivity index (χ3n) is 4.86. The van der Waals surface area contributed by atoms with E-state index in [2.05, 4.69) is 15.3 Å². The Kier molecular flexibility index (Phi) is 4.97. The quantitative estimate of drug-likeness (QED) is 0.710.